The van der Waals surface area contributed by atoms with Crippen molar-refractivity contribution in [3.05, 3.63) is 53.6 Å². The molecule has 1 N–H and O–H groups in total. The molecule has 2 atom stereocenters. The number of fused-ring (bicyclic) bond motifs is 1. The lowest BCUT2D eigenvalue weighted by Gasteiger charge is -2.41. The van der Waals surface area contributed by atoms with Crippen molar-refractivity contribution in [2.45, 2.75) is 32.4 Å². The van der Waals surface area contributed by atoms with Crippen molar-refractivity contribution in [2.24, 2.45) is 0 Å². The topological polar surface area (TPSA) is 57.7 Å². The number of amides is 2. The molecule has 2 amide bonds. The molecule has 0 saturated carbocycles. The first kappa shape index (κ1) is 18.5. The van der Waals surface area contributed by atoms with Gasteiger partial charge in [0.05, 0.1) is 24.5 Å². The zero-order chi connectivity index (χ0) is 19.7. The Bertz CT molecular complexity index is 875. The second kappa shape index (κ2) is 7.66. The summed E-state index contributed by atoms with van der Waals surface area (Å²) in [6, 6.07) is 7.49. The highest BCUT2D eigenvalue weighted by Gasteiger charge is 2.29. The zero-order valence-corrected chi connectivity index (χ0v) is 16.2. The number of carbonyl (C=O) groups excluding carboxylic acids is 1. The van der Waals surface area contributed by atoms with Crippen molar-refractivity contribution < 1.29 is 13.9 Å². The number of hydrogen-bond donors (Lipinski definition) is 1. The molecule has 148 valence electrons. The van der Waals surface area contributed by atoms with Gasteiger partial charge in [0.15, 0.2) is 5.82 Å². The number of rotatable bonds is 3. The highest BCUT2D eigenvalue weighted by molar-refractivity contribution is 5.75. The van der Waals surface area contributed by atoms with Crippen LogP contribution in [0.4, 0.5) is 14.9 Å². The van der Waals surface area contributed by atoms with Crippen LogP contribution in [0.1, 0.15) is 31.0 Å². The fourth-order valence-corrected chi connectivity index (χ4v) is 4.11. The number of benzene rings is 1. The molecule has 0 spiro atoms. The van der Waals surface area contributed by atoms with Crippen molar-refractivity contribution in [1.82, 2.24) is 15.2 Å². The van der Waals surface area contributed by atoms with Crippen LogP contribution >= 0.6 is 0 Å². The van der Waals surface area contributed by atoms with Crippen molar-refractivity contribution in [1.29, 1.82) is 0 Å². The van der Waals surface area contributed by atoms with Gasteiger partial charge in [-0.05, 0) is 31.5 Å². The molecule has 3 heterocycles. The van der Waals surface area contributed by atoms with E-state index in [-0.39, 0.29) is 23.9 Å². The van der Waals surface area contributed by atoms with Crippen LogP contribution in [0.5, 0.6) is 5.75 Å². The average Bonchev–Trinajstić information content (AvgIpc) is 3.17. The molecule has 1 fully saturated rings. The van der Waals surface area contributed by atoms with Crippen molar-refractivity contribution in [3.8, 4) is 5.75 Å². The molecule has 6 nitrogen and oxygen atoms in total. The van der Waals surface area contributed by atoms with Crippen molar-refractivity contribution in [2.75, 3.05) is 31.1 Å². The molecule has 1 aromatic carbocycles. The van der Waals surface area contributed by atoms with Gasteiger partial charge in [0.2, 0.25) is 0 Å². The second-order valence-corrected chi connectivity index (χ2v) is 7.41. The molecule has 2 aliphatic heterocycles. The summed E-state index contributed by atoms with van der Waals surface area (Å²) in [6.07, 6.45) is 3.69. The van der Waals surface area contributed by atoms with E-state index < -0.39 is 0 Å². The molecule has 2 aliphatic rings. The van der Waals surface area contributed by atoms with Crippen LogP contribution < -0.4 is 15.0 Å². The minimum Gasteiger partial charge on any atom is -0.493 e. The number of hydrogen-bond acceptors (Lipinski definition) is 4. The third-order valence-corrected chi connectivity index (χ3v) is 5.56. The smallest absolute Gasteiger partial charge is 0.318 e. The van der Waals surface area contributed by atoms with Gasteiger partial charge in [-0.3, -0.25) is 4.98 Å². The van der Waals surface area contributed by atoms with Gasteiger partial charge in [0, 0.05) is 43.9 Å². The molecule has 1 aromatic heterocycles. The standard InChI is InChI=1S/C21H25FN4O2/c1-14-13-25(9-10-26(14)19-6-8-23-12-18(19)22)21(27)24-15(2)16-4-3-5-20-17(16)7-11-28-20/h3-6,8,12,14-15H,7,9-11,13H2,1-2H3,(H,24,27)/t14-,15+/m0/s1. The highest BCUT2D eigenvalue weighted by atomic mass is 19.1. The Hall–Kier alpha value is -2.83. The van der Waals surface area contributed by atoms with Crippen LogP contribution in [-0.2, 0) is 6.42 Å². The average molecular weight is 384 g/mol. The molecule has 4 rings (SSSR count). The van der Waals surface area contributed by atoms with Gasteiger partial charge in [-0.1, -0.05) is 12.1 Å². The van der Waals surface area contributed by atoms with Crippen molar-refractivity contribution in [3.63, 3.8) is 0 Å². The number of urea groups is 1. The summed E-state index contributed by atoms with van der Waals surface area (Å²) in [5.74, 6) is 0.584. The molecule has 0 unspecified atom stereocenters. The largest absolute Gasteiger partial charge is 0.493 e. The first-order valence-corrected chi connectivity index (χ1v) is 9.70. The van der Waals surface area contributed by atoms with Gasteiger partial charge in [-0.2, -0.15) is 0 Å². The van der Waals surface area contributed by atoms with E-state index in [1.807, 2.05) is 36.9 Å². The van der Waals surface area contributed by atoms with E-state index in [0.717, 1.165) is 17.7 Å². The SMILES string of the molecule is C[C@@H](NC(=O)N1CCN(c2ccncc2F)[C@@H](C)C1)c1cccc2c1CCO2. The Balaban J connectivity index is 1.40. The van der Waals surface area contributed by atoms with Gasteiger partial charge in [0.25, 0.3) is 0 Å². The lowest BCUT2D eigenvalue weighted by Crippen LogP contribution is -2.56. The predicted molar refractivity (Wildman–Crippen MR) is 105 cm³/mol. The van der Waals surface area contributed by atoms with Crippen LogP contribution in [0.3, 0.4) is 0 Å². The van der Waals surface area contributed by atoms with Gasteiger partial charge in [-0.15, -0.1) is 0 Å². The Morgan fingerprint density at radius 1 is 1.36 bits per heavy atom. The summed E-state index contributed by atoms with van der Waals surface area (Å²) < 4.78 is 19.7. The fraction of sp³-hybridized carbons (Fsp3) is 0.429. The highest BCUT2D eigenvalue weighted by Crippen LogP contribution is 2.31. The Labute approximate surface area is 164 Å². The van der Waals surface area contributed by atoms with E-state index in [2.05, 4.69) is 10.3 Å². The quantitative estimate of drug-likeness (QED) is 0.883. The predicted octanol–water partition coefficient (Wildman–Crippen LogP) is 3.14. The third kappa shape index (κ3) is 3.48. The molecule has 0 aliphatic carbocycles. The van der Waals surface area contributed by atoms with Gasteiger partial charge < -0.3 is 19.9 Å². The van der Waals surface area contributed by atoms with Gasteiger partial charge in [0.1, 0.15) is 5.75 Å². The minimum atomic E-state index is -0.332. The fourth-order valence-electron chi connectivity index (χ4n) is 4.11. The third-order valence-electron chi connectivity index (χ3n) is 5.56. The van der Waals surface area contributed by atoms with E-state index in [4.69, 9.17) is 4.74 Å². The monoisotopic (exact) mass is 384 g/mol. The molecule has 28 heavy (non-hydrogen) atoms. The number of carbonyl (C=O) groups is 1. The summed E-state index contributed by atoms with van der Waals surface area (Å²) in [5.41, 5.74) is 2.83. The maximum Gasteiger partial charge on any atom is 0.318 e. The molecule has 2 aromatic rings. The summed E-state index contributed by atoms with van der Waals surface area (Å²) >= 11 is 0. The number of nitrogens with one attached hydrogen (secondary N) is 1. The number of nitrogens with zero attached hydrogens (tertiary/aromatic N) is 3. The molecule has 0 bridgehead atoms. The molecular weight excluding hydrogens is 359 g/mol. The molecular formula is C21H25FN4O2. The summed E-state index contributed by atoms with van der Waals surface area (Å²) in [4.78, 5) is 20.4. The number of pyridine rings is 1. The number of halogens is 1. The van der Waals surface area contributed by atoms with Crippen LogP contribution in [0.15, 0.2) is 36.7 Å². The van der Waals surface area contributed by atoms with Crippen LogP contribution in [-0.4, -0.2) is 48.2 Å². The summed E-state index contributed by atoms with van der Waals surface area (Å²) in [5, 5.41) is 3.11. The molecule has 7 heteroatoms. The zero-order valence-electron chi connectivity index (χ0n) is 16.2. The van der Waals surface area contributed by atoms with E-state index in [1.54, 1.807) is 17.2 Å². The van der Waals surface area contributed by atoms with Crippen LogP contribution in [0, 0.1) is 5.82 Å². The lowest BCUT2D eigenvalue weighted by molar-refractivity contribution is 0.183. The van der Waals surface area contributed by atoms with E-state index >= 15 is 0 Å². The van der Waals surface area contributed by atoms with E-state index in [9.17, 15) is 9.18 Å². The second-order valence-electron chi connectivity index (χ2n) is 7.41. The van der Waals surface area contributed by atoms with Crippen LogP contribution in [0.25, 0.3) is 0 Å². The van der Waals surface area contributed by atoms with Crippen LogP contribution in [0.2, 0.25) is 0 Å². The summed E-state index contributed by atoms with van der Waals surface area (Å²) in [6.45, 7) is 6.36. The lowest BCUT2D eigenvalue weighted by atomic mass is 9.99. The first-order valence-electron chi connectivity index (χ1n) is 9.70. The number of anilines is 1. The first-order chi connectivity index (χ1) is 13.5. The maximum atomic E-state index is 14.1. The number of piperazine rings is 1. The van der Waals surface area contributed by atoms with E-state index in [1.165, 1.54) is 11.8 Å². The molecule has 1 saturated heterocycles. The Morgan fingerprint density at radius 2 is 2.21 bits per heavy atom. The number of aromatic nitrogens is 1. The van der Waals surface area contributed by atoms with E-state index in [0.29, 0.717) is 31.9 Å². The maximum absolute atomic E-state index is 14.1. The number of ether oxygens (including phenoxy) is 1. The van der Waals surface area contributed by atoms with Gasteiger partial charge >= 0.3 is 6.03 Å². The Morgan fingerprint density at radius 3 is 3.00 bits per heavy atom. The normalized spacial score (nSPS) is 19.8. The summed E-state index contributed by atoms with van der Waals surface area (Å²) in [7, 11) is 0. The minimum absolute atomic E-state index is 0.0149. The van der Waals surface area contributed by atoms with Gasteiger partial charge in [-0.25, -0.2) is 9.18 Å². The molecule has 0 radical (unpaired) electrons. The Kier molecular flexibility index (Phi) is 5.07. The van der Waals surface area contributed by atoms with Crippen molar-refractivity contribution >= 4 is 11.7 Å².